The van der Waals surface area contributed by atoms with Crippen molar-refractivity contribution < 1.29 is 18.9 Å². The van der Waals surface area contributed by atoms with Gasteiger partial charge < -0.3 is 14.5 Å². The number of nitro groups is 1. The molecule has 1 N–H and O–H groups in total. The van der Waals surface area contributed by atoms with Gasteiger partial charge in [0, 0.05) is 18.2 Å². The van der Waals surface area contributed by atoms with Gasteiger partial charge in [-0.05, 0) is 61.1 Å². The predicted molar refractivity (Wildman–Crippen MR) is 119 cm³/mol. The van der Waals surface area contributed by atoms with Gasteiger partial charge in [0.25, 0.3) is 11.6 Å². The average Bonchev–Trinajstić information content (AvgIpc) is 3.30. The first kappa shape index (κ1) is 20.3. The highest BCUT2D eigenvalue weighted by molar-refractivity contribution is 7.80. The third-order valence-corrected chi connectivity index (χ3v) is 4.82. The number of amides is 1. The highest BCUT2D eigenvalue weighted by atomic mass is 32.1. The molecule has 2 aromatic carbocycles. The van der Waals surface area contributed by atoms with E-state index in [1.54, 1.807) is 18.2 Å². The number of thiocarbonyl (C=S) groups is 1. The Balaban J connectivity index is 1.43. The monoisotopic (exact) mass is 435 g/mol. The fraction of sp³-hybridized carbons (Fsp3) is 0.0909. The van der Waals surface area contributed by atoms with Crippen LogP contribution in [0.15, 0.2) is 70.8 Å². The van der Waals surface area contributed by atoms with Crippen LogP contribution in [0.5, 0.6) is 5.75 Å². The summed E-state index contributed by atoms with van der Waals surface area (Å²) in [7, 11) is 0. The zero-order valence-corrected chi connectivity index (χ0v) is 17.2. The summed E-state index contributed by atoms with van der Waals surface area (Å²) >= 11 is 5.32. The van der Waals surface area contributed by atoms with Crippen molar-refractivity contribution >= 4 is 40.7 Å². The highest BCUT2D eigenvalue weighted by Crippen LogP contribution is 2.24. The van der Waals surface area contributed by atoms with Crippen molar-refractivity contribution in [1.82, 2.24) is 5.32 Å². The van der Waals surface area contributed by atoms with E-state index >= 15 is 0 Å². The molecular formula is C22H17N3O5S. The van der Waals surface area contributed by atoms with Crippen molar-refractivity contribution in [3.8, 4) is 5.75 Å². The summed E-state index contributed by atoms with van der Waals surface area (Å²) in [6.45, 7) is 2.08. The molecule has 4 rings (SSSR count). The van der Waals surface area contributed by atoms with Gasteiger partial charge in [0.05, 0.1) is 10.6 Å². The van der Waals surface area contributed by atoms with E-state index in [1.807, 2.05) is 31.2 Å². The zero-order chi connectivity index (χ0) is 22.0. The summed E-state index contributed by atoms with van der Waals surface area (Å²) in [4.78, 5) is 24.5. The van der Waals surface area contributed by atoms with Crippen molar-refractivity contribution in [2.24, 2.45) is 0 Å². The lowest BCUT2D eigenvalue weighted by Crippen LogP contribution is -2.30. The lowest BCUT2D eigenvalue weighted by Gasteiger charge is -2.14. The van der Waals surface area contributed by atoms with Crippen molar-refractivity contribution in [1.29, 1.82) is 0 Å². The minimum atomic E-state index is -0.472. The SMILES string of the molecule is Cc1cccc(N2C(=O)/C(=C\c3ccc(COc4ccc([N+](=O)[O-])cc4)o3)NC2=S)c1. The zero-order valence-electron chi connectivity index (χ0n) is 16.4. The molecule has 156 valence electrons. The number of nitrogens with one attached hydrogen (secondary N) is 1. The van der Waals surface area contributed by atoms with Crippen molar-refractivity contribution in [2.75, 3.05) is 4.90 Å². The van der Waals surface area contributed by atoms with Gasteiger partial charge >= 0.3 is 0 Å². The van der Waals surface area contributed by atoms with Crippen LogP contribution < -0.4 is 15.0 Å². The van der Waals surface area contributed by atoms with E-state index in [2.05, 4.69) is 5.32 Å². The van der Waals surface area contributed by atoms with Gasteiger partial charge in [0.1, 0.15) is 29.6 Å². The average molecular weight is 435 g/mol. The molecular weight excluding hydrogens is 418 g/mol. The number of carbonyl (C=O) groups is 1. The minimum absolute atomic E-state index is 0.00869. The van der Waals surface area contributed by atoms with Gasteiger partial charge in [-0.25, -0.2) is 0 Å². The molecule has 1 aromatic heterocycles. The Kier molecular flexibility index (Phi) is 5.50. The molecule has 1 aliphatic rings. The number of aryl methyl sites for hydroxylation is 1. The second-order valence-electron chi connectivity index (χ2n) is 6.81. The quantitative estimate of drug-likeness (QED) is 0.266. The molecule has 31 heavy (non-hydrogen) atoms. The predicted octanol–water partition coefficient (Wildman–Crippen LogP) is 4.34. The summed E-state index contributed by atoms with van der Waals surface area (Å²) in [6, 6.07) is 16.7. The lowest BCUT2D eigenvalue weighted by molar-refractivity contribution is -0.384. The molecule has 0 radical (unpaired) electrons. The number of ether oxygens (including phenoxy) is 1. The highest BCUT2D eigenvalue weighted by Gasteiger charge is 2.32. The molecule has 8 nitrogen and oxygen atoms in total. The lowest BCUT2D eigenvalue weighted by atomic mass is 10.2. The number of benzene rings is 2. The second kappa shape index (κ2) is 8.41. The molecule has 1 saturated heterocycles. The molecule has 0 unspecified atom stereocenters. The van der Waals surface area contributed by atoms with Crippen LogP contribution in [0, 0.1) is 17.0 Å². The Morgan fingerprint density at radius 3 is 2.68 bits per heavy atom. The maximum absolute atomic E-state index is 12.8. The van der Waals surface area contributed by atoms with E-state index in [-0.39, 0.29) is 18.2 Å². The van der Waals surface area contributed by atoms with E-state index in [4.69, 9.17) is 21.4 Å². The molecule has 1 fully saturated rings. The first-order valence-electron chi connectivity index (χ1n) is 9.30. The van der Waals surface area contributed by atoms with Crippen LogP contribution in [0.4, 0.5) is 11.4 Å². The molecule has 1 amide bonds. The molecule has 1 aliphatic heterocycles. The maximum atomic E-state index is 12.8. The number of carbonyl (C=O) groups excluding carboxylic acids is 1. The van der Waals surface area contributed by atoms with Gasteiger partial charge in [-0.2, -0.15) is 0 Å². The van der Waals surface area contributed by atoms with Crippen molar-refractivity contribution in [3.63, 3.8) is 0 Å². The Bertz CT molecular complexity index is 1200. The molecule has 0 saturated carbocycles. The number of nitrogens with zero attached hydrogens (tertiary/aromatic N) is 2. The number of nitro benzene ring substituents is 1. The van der Waals surface area contributed by atoms with Crippen LogP contribution >= 0.6 is 12.2 Å². The van der Waals surface area contributed by atoms with Crippen LogP contribution in [0.1, 0.15) is 17.1 Å². The molecule has 9 heteroatoms. The first-order chi connectivity index (χ1) is 14.9. The normalized spacial score (nSPS) is 14.7. The fourth-order valence-corrected chi connectivity index (χ4v) is 3.35. The van der Waals surface area contributed by atoms with Crippen LogP contribution in [0.25, 0.3) is 6.08 Å². The van der Waals surface area contributed by atoms with Gasteiger partial charge in [0.2, 0.25) is 0 Å². The Labute approximate surface area is 182 Å². The second-order valence-corrected chi connectivity index (χ2v) is 7.20. The van der Waals surface area contributed by atoms with Crippen LogP contribution in [0.2, 0.25) is 0 Å². The van der Waals surface area contributed by atoms with E-state index in [1.165, 1.54) is 29.2 Å². The van der Waals surface area contributed by atoms with Crippen molar-refractivity contribution in [3.05, 3.63) is 93.6 Å². The minimum Gasteiger partial charge on any atom is -0.486 e. The number of furan rings is 1. The number of rotatable bonds is 6. The molecule has 0 spiro atoms. The summed E-state index contributed by atoms with van der Waals surface area (Å²) in [5.41, 5.74) is 2.02. The summed E-state index contributed by atoms with van der Waals surface area (Å²) in [5, 5.41) is 13.9. The van der Waals surface area contributed by atoms with Gasteiger partial charge in [-0.3, -0.25) is 19.8 Å². The van der Waals surface area contributed by atoms with E-state index in [9.17, 15) is 14.9 Å². The maximum Gasteiger partial charge on any atom is 0.281 e. The molecule has 0 bridgehead atoms. The van der Waals surface area contributed by atoms with Gasteiger partial charge in [-0.15, -0.1) is 0 Å². The number of anilines is 1. The van der Waals surface area contributed by atoms with E-state index in [0.717, 1.165) is 5.56 Å². The smallest absolute Gasteiger partial charge is 0.281 e. The third-order valence-electron chi connectivity index (χ3n) is 4.54. The molecule has 0 aliphatic carbocycles. The molecule has 3 aromatic rings. The molecule has 0 atom stereocenters. The standard InChI is InChI=1S/C22H17N3O5S/c1-14-3-2-4-16(11-14)24-21(26)20(23-22(24)31)12-18-9-10-19(30-18)13-29-17-7-5-15(6-8-17)25(27)28/h2-12H,13H2,1H3,(H,23,31)/b20-12+. The first-order valence-corrected chi connectivity index (χ1v) is 9.71. The Morgan fingerprint density at radius 1 is 1.19 bits per heavy atom. The number of hydrogen-bond acceptors (Lipinski definition) is 6. The summed E-state index contributed by atoms with van der Waals surface area (Å²) < 4.78 is 11.3. The van der Waals surface area contributed by atoms with Crippen LogP contribution in [-0.2, 0) is 11.4 Å². The van der Waals surface area contributed by atoms with Crippen LogP contribution in [-0.4, -0.2) is 15.9 Å². The van der Waals surface area contributed by atoms with Gasteiger partial charge in [-0.1, -0.05) is 12.1 Å². The largest absolute Gasteiger partial charge is 0.486 e. The Morgan fingerprint density at radius 2 is 1.97 bits per heavy atom. The number of non-ortho nitro benzene ring substituents is 1. The summed E-state index contributed by atoms with van der Waals surface area (Å²) in [6.07, 6.45) is 1.58. The topological polar surface area (TPSA) is 97.9 Å². The Hall–Kier alpha value is -3.98. The number of hydrogen-bond donors (Lipinski definition) is 1. The third kappa shape index (κ3) is 4.46. The molecule has 2 heterocycles. The summed E-state index contributed by atoms with van der Waals surface area (Å²) in [5.74, 6) is 1.21. The van der Waals surface area contributed by atoms with Gasteiger partial charge in [0.15, 0.2) is 5.11 Å². The van der Waals surface area contributed by atoms with E-state index < -0.39 is 4.92 Å². The van der Waals surface area contributed by atoms with Crippen LogP contribution in [0.3, 0.4) is 0 Å². The fourth-order valence-electron chi connectivity index (χ4n) is 3.05. The van der Waals surface area contributed by atoms with E-state index in [0.29, 0.717) is 33.8 Å². The van der Waals surface area contributed by atoms with Crippen molar-refractivity contribution in [2.45, 2.75) is 13.5 Å².